The van der Waals surface area contributed by atoms with Crippen LogP contribution in [0.5, 0.6) is 11.5 Å². The van der Waals surface area contributed by atoms with Gasteiger partial charge in [-0.2, -0.15) is 0 Å². The molecule has 0 spiro atoms. The Morgan fingerprint density at radius 1 is 1.11 bits per heavy atom. The topological polar surface area (TPSA) is 122 Å². The van der Waals surface area contributed by atoms with E-state index >= 15 is 0 Å². The Bertz CT molecular complexity index is 1950. The van der Waals surface area contributed by atoms with E-state index in [1.807, 2.05) is 50.2 Å². The summed E-state index contributed by atoms with van der Waals surface area (Å²) in [6.07, 6.45) is 2.26. The maximum absolute atomic E-state index is 14.0. The molecule has 5 rings (SSSR count). The molecule has 4 aromatic rings. The van der Waals surface area contributed by atoms with Gasteiger partial charge < -0.3 is 14.2 Å². The number of fused-ring (bicyclic) bond motifs is 1. The first-order valence-electron chi connectivity index (χ1n) is 13.8. The Balaban J connectivity index is 1.57. The highest BCUT2D eigenvalue weighted by Crippen LogP contribution is 2.36. The van der Waals surface area contributed by atoms with Gasteiger partial charge in [-0.3, -0.25) is 19.5 Å². The molecule has 10 nitrogen and oxygen atoms in total. The highest BCUT2D eigenvalue weighted by Gasteiger charge is 2.33. The number of ether oxygens (including phenoxy) is 3. The molecule has 0 N–H and O–H groups in total. The van der Waals surface area contributed by atoms with E-state index in [1.165, 1.54) is 30.6 Å². The molecule has 1 aliphatic heterocycles. The molecule has 44 heavy (non-hydrogen) atoms. The van der Waals surface area contributed by atoms with E-state index in [0.29, 0.717) is 56.3 Å². The molecule has 1 aromatic heterocycles. The van der Waals surface area contributed by atoms with Gasteiger partial charge in [-0.25, -0.2) is 9.79 Å². The van der Waals surface area contributed by atoms with E-state index in [0.717, 1.165) is 9.13 Å². The molecule has 0 amide bonds. The summed E-state index contributed by atoms with van der Waals surface area (Å²) >= 11 is 3.39. The number of rotatable bonds is 10. The lowest BCUT2D eigenvalue weighted by molar-refractivity contribution is -0.384. The van der Waals surface area contributed by atoms with Gasteiger partial charge in [0.15, 0.2) is 16.3 Å². The Hall–Kier alpha value is -4.30. The van der Waals surface area contributed by atoms with Crippen molar-refractivity contribution >= 4 is 51.7 Å². The van der Waals surface area contributed by atoms with Crippen molar-refractivity contribution in [3.8, 4) is 11.5 Å². The lowest BCUT2D eigenvalue weighted by Crippen LogP contribution is -2.40. The first-order chi connectivity index (χ1) is 21.2. The fraction of sp³-hybridized carbons (Fsp3) is 0.219. The molecule has 2 heterocycles. The second-order valence-corrected chi connectivity index (χ2v) is 11.8. The first kappa shape index (κ1) is 31.1. The summed E-state index contributed by atoms with van der Waals surface area (Å²) < 4.78 is 19.8. The number of nitro groups is 1. The van der Waals surface area contributed by atoms with E-state index in [-0.39, 0.29) is 17.9 Å². The Morgan fingerprint density at radius 3 is 2.57 bits per heavy atom. The van der Waals surface area contributed by atoms with Crippen LogP contribution < -0.4 is 24.4 Å². The summed E-state index contributed by atoms with van der Waals surface area (Å²) in [4.78, 5) is 42.9. The third kappa shape index (κ3) is 6.31. The smallest absolute Gasteiger partial charge is 0.338 e. The molecule has 0 aliphatic carbocycles. The van der Waals surface area contributed by atoms with Gasteiger partial charge in [-0.1, -0.05) is 60.7 Å². The number of methoxy groups -OCH3 is 1. The van der Waals surface area contributed by atoms with Gasteiger partial charge in [0.25, 0.3) is 11.2 Å². The van der Waals surface area contributed by atoms with E-state index < -0.39 is 16.9 Å². The number of esters is 1. The van der Waals surface area contributed by atoms with Crippen LogP contribution in [0, 0.1) is 13.7 Å². The Kier molecular flexibility index (Phi) is 9.59. The van der Waals surface area contributed by atoms with Gasteiger partial charge in [0.2, 0.25) is 0 Å². The first-order valence-corrected chi connectivity index (χ1v) is 15.7. The number of hydrogen-bond acceptors (Lipinski definition) is 9. The lowest BCUT2D eigenvalue weighted by atomic mass is 9.95. The predicted octanol–water partition coefficient (Wildman–Crippen LogP) is 5.29. The second-order valence-electron chi connectivity index (χ2n) is 9.68. The number of hydrogen-bond donors (Lipinski definition) is 0. The van der Waals surface area contributed by atoms with Gasteiger partial charge in [-0.05, 0) is 70.8 Å². The van der Waals surface area contributed by atoms with Gasteiger partial charge in [0, 0.05) is 12.1 Å². The molecular weight excluding hydrogens is 697 g/mol. The number of non-ortho nitro benzene ring substituents is 1. The minimum absolute atomic E-state index is 0.0121. The van der Waals surface area contributed by atoms with Crippen molar-refractivity contribution in [2.45, 2.75) is 32.9 Å². The summed E-state index contributed by atoms with van der Waals surface area (Å²) in [5.41, 5.74) is 2.77. The van der Waals surface area contributed by atoms with Crippen LogP contribution in [0.3, 0.4) is 0 Å². The number of carbonyl (C=O) groups is 1. The molecule has 1 aliphatic rings. The van der Waals surface area contributed by atoms with Crippen molar-refractivity contribution in [1.82, 2.24) is 4.57 Å². The van der Waals surface area contributed by atoms with Crippen LogP contribution in [0.2, 0.25) is 0 Å². The largest absolute Gasteiger partial charge is 0.490 e. The highest BCUT2D eigenvalue weighted by molar-refractivity contribution is 14.1. The van der Waals surface area contributed by atoms with Gasteiger partial charge >= 0.3 is 5.97 Å². The van der Waals surface area contributed by atoms with Crippen LogP contribution in [0.15, 0.2) is 87.8 Å². The lowest BCUT2D eigenvalue weighted by Gasteiger charge is -2.25. The van der Waals surface area contributed by atoms with Crippen molar-refractivity contribution in [2.75, 3.05) is 13.7 Å². The fourth-order valence-electron chi connectivity index (χ4n) is 4.96. The van der Waals surface area contributed by atoms with E-state index in [2.05, 4.69) is 22.6 Å². The zero-order chi connectivity index (χ0) is 31.4. The molecule has 0 radical (unpaired) electrons. The van der Waals surface area contributed by atoms with Crippen LogP contribution >= 0.6 is 33.9 Å². The minimum Gasteiger partial charge on any atom is -0.490 e. The molecule has 0 fully saturated rings. The quantitative estimate of drug-likeness (QED) is 0.0943. The maximum atomic E-state index is 14.0. The number of aromatic nitrogens is 1. The molecule has 0 saturated heterocycles. The van der Waals surface area contributed by atoms with Crippen molar-refractivity contribution in [2.24, 2.45) is 4.99 Å². The monoisotopic (exact) mass is 725 g/mol. The molecule has 0 unspecified atom stereocenters. The van der Waals surface area contributed by atoms with Crippen LogP contribution in [-0.2, 0) is 16.1 Å². The number of nitro benzene ring substituents is 1. The standard InChI is InChI=1S/C32H28IN3O7S/c1-4-24-27(31(38)41-3)28(21-11-7-6-8-12-21)35-30(37)26(44-32(35)34-24)17-20-15-23(33)29(25(16-20)42-5-2)43-18-19-10-9-13-22(14-19)36(39)40/h6-17,28H,4-5,18H2,1-3H3/b26-17-/t28-/m0/s1. The van der Waals surface area contributed by atoms with Gasteiger partial charge in [0.1, 0.15) is 6.61 Å². The number of benzene rings is 3. The molecule has 0 saturated carbocycles. The zero-order valence-electron chi connectivity index (χ0n) is 24.1. The summed E-state index contributed by atoms with van der Waals surface area (Å²) in [7, 11) is 1.32. The average Bonchev–Trinajstić information content (AvgIpc) is 3.33. The van der Waals surface area contributed by atoms with Crippen molar-refractivity contribution in [3.05, 3.63) is 128 Å². The summed E-state index contributed by atoms with van der Waals surface area (Å²) in [5.74, 6) is 0.453. The molecule has 226 valence electrons. The van der Waals surface area contributed by atoms with Crippen LogP contribution in [0.25, 0.3) is 6.08 Å². The molecular formula is C32H28IN3O7S. The Morgan fingerprint density at radius 2 is 1.89 bits per heavy atom. The van der Waals surface area contributed by atoms with Crippen LogP contribution in [0.4, 0.5) is 5.69 Å². The normalized spacial score (nSPS) is 14.5. The third-order valence-electron chi connectivity index (χ3n) is 6.90. The third-order valence-corrected chi connectivity index (χ3v) is 8.68. The maximum Gasteiger partial charge on any atom is 0.338 e. The van der Waals surface area contributed by atoms with Crippen molar-refractivity contribution in [3.63, 3.8) is 0 Å². The number of allylic oxidation sites excluding steroid dienone is 1. The minimum atomic E-state index is -0.680. The fourth-order valence-corrected chi connectivity index (χ4v) is 6.76. The number of thiazole rings is 1. The van der Waals surface area contributed by atoms with Crippen LogP contribution in [-0.4, -0.2) is 29.2 Å². The summed E-state index contributed by atoms with van der Waals surface area (Å²) in [6.45, 7) is 4.26. The van der Waals surface area contributed by atoms with Gasteiger partial charge in [0.05, 0.1) is 44.1 Å². The van der Waals surface area contributed by atoms with E-state index in [4.69, 9.17) is 19.2 Å². The number of nitrogens with zero attached hydrogens (tertiary/aromatic N) is 3. The Labute approximate surface area is 270 Å². The summed E-state index contributed by atoms with van der Waals surface area (Å²) in [6, 6.07) is 18.6. The summed E-state index contributed by atoms with van der Waals surface area (Å²) in [5, 5.41) is 11.2. The van der Waals surface area contributed by atoms with Gasteiger partial charge in [-0.15, -0.1) is 0 Å². The number of halogens is 1. The van der Waals surface area contributed by atoms with Crippen molar-refractivity contribution < 1.29 is 23.9 Å². The highest BCUT2D eigenvalue weighted by atomic mass is 127. The zero-order valence-corrected chi connectivity index (χ0v) is 27.1. The number of carbonyl (C=O) groups excluding carboxylic acids is 1. The van der Waals surface area contributed by atoms with Crippen molar-refractivity contribution in [1.29, 1.82) is 0 Å². The predicted molar refractivity (Wildman–Crippen MR) is 175 cm³/mol. The molecule has 0 bridgehead atoms. The van der Waals surface area contributed by atoms with E-state index in [9.17, 15) is 19.7 Å². The molecule has 3 aromatic carbocycles. The average molecular weight is 726 g/mol. The molecule has 1 atom stereocenters. The SMILES string of the molecule is CCOc1cc(/C=c2\sc3n(c2=O)[C@@H](c2ccccc2)C(C(=O)OC)=C(CC)N=3)cc(I)c1OCc1cccc([N+](=O)[O-])c1. The molecule has 12 heteroatoms. The van der Waals surface area contributed by atoms with Crippen LogP contribution in [0.1, 0.15) is 43.0 Å². The second kappa shape index (κ2) is 13.6. The van der Waals surface area contributed by atoms with E-state index in [1.54, 1.807) is 28.8 Å².